The van der Waals surface area contributed by atoms with E-state index in [2.05, 4.69) is 15.3 Å². The van der Waals surface area contributed by atoms with Gasteiger partial charge in [0.15, 0.2) is 0 Å². The molecule has 0 radical (unpaired) electrons. The van der Waals surface area contributed by atoms with Crippen molar-refractivity contribution in [3.8, 4) is 11.4 Å². The number of aliphatic hydroxyl groups is 3. The maximum absolute atomic E-state index is 11.4. The van der Waals surface area contributed by atoms with Crippen LogP contribution < -0.4 is 4.87 Å². The topological polar surface area (TPSA) is 133 Å². The number of nitrogens with one attached hydrogen (secondary N) is 1. The molecule has 0 amide bonds. The molecule has 4 N–H and O–H groups in total. The zero-order valence-corrected chi connectivity index (χ0v) is 18.2. The van der Waals surface area contributed by atoms with E-state index >= 15 is 0 Å². The summed E-state index contributed by atoms with van der Waals surface area (Å²) in [5.74, 6) is 0. The van der Waals surface area contributed by atoms with Gasteiger partial charge in [-0.25, -0.2) is 4.68 Å². The Bertz CT molecular complexity index is 1090. The number of rotatable bonds is 5. The van der Waals surface area contributed by atoms with Crippen molar-refractivity contribution in [3.05, 3.63) is 49.5 Å². The molecule has 2 unspecified atom stereocenters. The van der Waals surface area contributed by atoms with Crippen LogP contribution in [-0.4, -0.2) is 65.7 Å². The Labute approximate surface area is 188 Å². The average molecular weight is 491 g/mol. The second-order valence-electron chi connectivity index (χ2n) is 6.54. The lowest BCUT2D eigenvalue weighted by Crippen LogP contribution is -2.55. The van der Waals surface area contributed by atoms with Gasteiger partial charge in [-0.1, -0.05) is 51.5 Å². The van der Waals surface area contributed by atoms with Gasteiger partial charge in [0.05, 0.1) is 28.5 Å². The highest BCUT2D eigenvalue weighted by atomic mass is 35.5. The van der Waals surface area contributed by atoms with Gasteiger partial charge < -0.3 is 25.0 Å². The zero-order valence-electron chi connectivity index (χ0n) is 15.1. The van der Waals surface area contributed by atoms with Crippen LogP contribution >= 0.6 is 46.3 Å². The predicted octanol–water partition coefficient (Wildman–Crippen LogP) is 1.77. The molecule has 13 heteroatoms. The molecule has 0 spiro atoms. The van der Waals surface area contributed by atoms with Crippen molar-refractivity contribution in [2.45, 2.75) is 34.7 Å². The lowest BCUT2D eigenvalue weighted by molar-refractivity contribution is -0.178. The van der Waals surface area contributed by atoms with E-state index < -0.39 is 36.4 Å². The first-order valence-electron chi connectivity index (χ1n) is 8.71. The van der Waals surface area contributed by atoms with Crippen molar-refractivity contribution < 1.29 is 20.1 Å². The van der Waals surface area contributed by atoms with Crippen LogP contribution in [0.15, 0.2) is 39.5 Å². The fourth-order valence-electron chi connectivity index (χ4n) is 3.11. The summed E-state index contributed by atoms with van der Waals surface area (Å²) in [7, 11) is 0. The van der Waals surface area contributed by atoms with E-state index in [1.165, 1.54) is 22.6 Å². The fourth-order valence-corrected chi connectivity index (χ4v) is 5.15. The quantitative estimate of drug-likeness (QED) is 0.425. The predicted molar refractivity (Wildman–Crippen MR) is 113 cm³/mol. The molecular weight excluding hydrogens is 475 g/mol. The van der Waals surface area contributed by atoms with Crippen LogP contribution in [0.5, 0.6) is 0 Å². The molecule has 160 valence electrons. The lowest BCUT2D eigenvalue weighted by Gasteiger charge is -2.41. The first kappa shape index (κ1) is 21.8. The van der Waals surface area contributed by atoms with Crippen LogP contribution in [0, 0.1) is 0 Å². The highest BCUT2D eigenvalue weighted by molar-refractivity contribution is 7.99. The summed E-state index contributed by atoms with van der Waals surface area (Å²) in [4.78, 5) is 14.5. The summed E-state index contributed by atoms with van der Waals surface area (Å²) in [5.41, 5.74) is 0.0302. The minimum absolute atomic E-state index is 0.232. The number of aliphatic hydroxyl groups excluding tert-OH is 3. The number of aromatic nitrogens is 4. The molecule has 0 bridgehead atoms. The lowest BCUT2D eigenvalue weighted by atomic mass is 9.97. The maximum Gasteiger partial charge on any atom is 0.304 e. The van der Waals surface area contributed by atoms with Gasteiger partial charge in [0.1, 0.15) is 35.5 Å². The second-order valence-corrected chi connectivity index (χ2v) is 9.36. The van der Waals surface area contributed by atoms with Crippen LogP contribution in [0.25, 0.3) is 11.4 Å². The number of hydrogen-bond donors (Lipinski definition) is 4. The van der Waals surface area contributed by atoms with Crippen molar-refractivity contribution >= 4 is 46.3 Å². The zero-order chi connectivity index (χ0) is 21.4. The Hall–Kier alpha value is -1.44. The molecule has 5 atom stereocenters. The molecular formula is C17H16Cl2N4O5S2. The van der Waals surface area contributed by atoms with Gasteiger partial charge in [0.2, 0.25) is 0 Å². The molecule has 1 aliphatic rings. The molecule has 1 fully saturated rings. The third-order valence-electron chi connectivity index (χ3n) is 4.60. The molecule has 3 heterocycles. The standard InChI is InChI=1S/C17H16Cl2N4O5S2/c18-8-2-1-7(3-9(8)19)30-16-15(26)13(14(25)12(5-24)28-16)23-4-10(21-22-23)11-6-29-17(27)20-11/h1-4,6,12-16,24-26H,5H2,(H,20,27)/t12?,13?,14-,15-,16+/m0/s1. The molecule has 1 aromatic carbocycles. The number of halogens is 2. The monoisotopic (exact) mass is 490 g/mol. The molecule has 1 saturated heterocycles. The van der Waals surface area contributed by atoms with Crippen molar-refractivity contribution in [3.63, 3.8) is 0 Å². The van der Waals surface area contributed by atoms with Gasteiger partial charge in [-0.05, 0) is 18.2 Å². The van der Waals surface area contributed by atoms with Crippen LogP contribution in [0.2, 0.25) is 10.0 Å². The van der Waals surface area contributed by atoms with Crippen LogP contribution in [0.4, 0.5) is 0 Å². The van der Waals surface area contributed by atoms with E-state index in [1.807, 2.05) is 0 Å². The minimum atomic E-state index is -1.24. The minimum Gasteiger partial charge on any atom is -0.394 e. The van der Waals surface area contributed by atoms with Crippen LogP contribution in [-0.2, 0) is 4.74 Å². The van der Waals surface area contributed by atoms with Gasteiger partial charge in [-0.3, -0.25) is 4.79 Å². The number of H-pyrrole nitrogens is 1. The van der Waals surface area contributed by atoms with Crippen molar-refractivity contribution in [1.82, 2.24) is 20.0 Å². The van der Waals surface area contributed by atoms with Crippen LogP contribution in [0.3, 0.4) is 0 Å². The van der Waals surface area contributed by atoms with Crippen molar-refractivity contribution in [2.75, 3.05) is 6.61 Å². The van der Waals surface area contributed by atoms with E-state index in [4.69, 9.17) is 27.9 Å². The highest BCUT2D eigenvalue weighted by Crippen LogP contribution is 2.39. The number of ether oxygens (including phenoxy) is 1. The molecule has 1 aliphatic heterocycles. The van der Waals surface area contributed by atoms with Gasteiger partial charge in [0, 0.05) is 10.3 Å². The van der Waals surface area contributed by atoms with E-state index in [-0.39, 0.29) is 4.87 Å². The SMILES string of the molecule is O=c1[nH]c(-c2cn(C3[C@@H](O)C(CO)O[C@H](Sc4ccc(Cl)c(Cl)c4)[C@H]3O)nn2)cs1. The Balaban J connectivity index is 1.62. The van der Waals surface area contributed by atoms with Gasteiger partial charge in [0.25, 0.3) is 0 Å². The maximum atomic E-state index is 11.4. The van der Waals surface area contributed by atoms with Crippen LogP contribution in [0.1, 0.15) is 6.04 Å². The molecule has 9 nitrogen and oxygen atoms in total. The van der Waals surface area contributed by atoms with Gasteiger partial charge in [-0.2, -0.15) is 0 Å². The Kier molecular flexibility index (Phi) is 6.51. The summed E-state index contributed by atoms with van der Waals surface area (Å²) >= 11 is 14.2. The molecule has 4 rings (SSSR count). The number of nitrogens with zero attached hydrogens (tertiary/aromatic N) is 3. The van der Waals surface area contributed by atoms with E-state index in [1.54, 1.807) is 23.6 Å². The molecule has 0 aliphatic carbocycles. The van der Waals surface area contributed by atoms with E-state index in [0.717, 1.165) is 11.3 Å². The Morgan fingerprint density at radius 2 is 2.07 bits per heavy atom. The fraction of sp³-hybridized carbons (Fsp3) is 0.353. The molecule has 3 aromatic rings. The summed E-state index contributed by atoms with van der Waals surface area (Å²) in [6, 6.07) is 4.05. The Morgan fingerprint density at radius 3 is 2.73 bits per heavy atom. The van der Waals surface area contributed by atoms with Gasteiger partial charge in [-0.15, -0.1) is 5.10 Å². The number of benzene rings is 1. The second kappa shape index (κ2) is 8.97. The van der Waals surface area contributed by atoms with Gasteiger partial charge >= 0.3 is 4.87 Å². The first-order valence-corrected chi connectivity index (χ1v) is 11.2. The molecule has 2 aromatic heterocycles. The summed E-state index contributed by atoms with van der Waals surface area (Å²) < 4.78 is 7.02. The number of aromatic amines is 1. The van der Waals surface area contributed by atoms with Crippen molar-refractivity contribution in [1.29, 1.82) is 0 Å². The largest absolute Gasteiger partial charge is 0.394 e. The molecule has 0 saturated carbocycles. The third kappa shape index (κ3) is 4.30. The summed E-state index contributed by atoms with van der Waals surface area (Å²) in [5, 5.41) is 41.6. The first-order chi connectivity index (χ1) is 14.4. The Morgan fingerprint density at radius 1 is 1.27 bits per heavy atom. The highest BCUT2D eigenvalue weighted by Gasteiger charge is 2.46. The molecule has 30 heavy (non-hydrogen) atoms. The van der Waals surface area contributed by atoms with Crippen molar-refractivity contribution in [2.24, 2.45) is 0 Å². The normalized spacial score (nSPS) is 26.8. The summed E-state index contributed by atoms with van der Waals surface area (Å²) in [6.45, 7) is -0.456. The van der Waals surface area contributed by atoms with E-state index in [0.29, 0.717) is 26.3 Å². The smallest absolute Gasteiger partial charge is 0.304 e. The average Bonchev–Trinajstić information content (AvgIpc) is 3.36. The summed E-state index contributed by atoms with van der Waals surface area (Å²) in [6.07, 6.45) is -1.88. The number of hydrogen-bond acceptors (Lipinski definition) is 9. The number of thioether (sulfide) groups is 1. The van der Waals surface area contributed by atoms with E-state index in [9.17, 15) is 20.1 Å². The number of thiazole rings is 1. The third-order valence-corrected chi connectivity index (χ3v) is 7.16.